The number of halogens is 3. The molecule has 2 aliphatic rings. The van der Waals surface area contributed by atoms with Crippen LogP contribution in [0.25, 0.3) is 22.2 Å². The average molecular weight is 494 g/mol. The molecule has 0 saturated heterocycles. The van der Waals surface area contributed by atoms with Gasteiger partial charge in [0, 0.05) is 24.0 Å². The highest BCUT2D eigenvalue weighted by Gasteiger charge is 2.36. The van der Waals surface area contributed by atoms with Crippen LogP contribution in [0.15, 0.2) is 36.4 Å². The fraction of sp³-hybridized carbons (Fsp3) is 0.417. The van der Waals surface area contributed by atoms with Gasteiger partial charge >= 0.3 is 0 Å². The third kappa shape index (κ3) is 4.59. The van der Waals surface area contributed by atoms with Crippen LogP contribution in [0.1, 0.15) is 43.6 Å². The van der Waals surface area contributed by atoms with Crippen LogP contribution in [-0.2, 0) is 10.2 Å². The van der Waals surface area contributed by atoms with E-state index in [1.54, 1.807) is 12.1 Å². The predicted molar refractivity (Wildman–Crippen MR) is 123 cm³/mol. The highest BCUT2D eigenvalue weighted by atomic mass is 32.2. The quantitative estimate of drug-likeness (QED) is 0.400. The summed E-state index contributed by atoms with van der Waals surface area (Å²) in [7, 11) is -3.74. The number of fused-ring (bicyclic) bond motifs is 1. The number of benzene rings is 2. The molecule has 10 heteroatoms. The zero-order valence-electron chi connectivity index (χ0n) is 18.3. The third-order valence-electron chi connectivity index (χ3n) is 6.99. The predicted octanol–water partition coefficient (Wildman–Crippen LogP) is 4.08. The molecule has 2 saturated carbocycles. The standard InChI is InChI=1S/C24H26F3N3O3S/c25-16-6-4-14(5-7-16)23-22(18-10-17(26)11-19(27)24(18)29-23)15-8-13(9-15)12-28-34(32,33)30-20-2-1-3-21(20)31/h4-7,10-11,13,15,20-21,28-31H,1-3,8-9,12H2/t13-,15-,20-,21+/m1/s1. The maximum absolute atomic E-state index is 14.5. The fourth-order valence-electron chi connectivity index (χ4n) is 5.19. The lowest BCUT2D eigenvalue weighted by Gasteiger charge is -2.36. The largest absolute Gasteiger partial charge is 0.391 e. The molecule has 1 aromatic heterocycles. The second kappa shape index (κ2) is 8.99. The summed E-state index contributed by atoms with van der Waals surface area (Å²) >= 11 is 0. The van der Waals surface area contributed by atoms with E-state index in [2.05, 4.69) is 14.4 Å². The van der Waals surface area contributed by atoms with Gasteiger partial charge in [0.25, 0.3) is 10.2 Å². The molecule has 34 heavy (non-hydrogen) atoms. The van der Waals surface area contributed by atoms with Crippen molar-refractivity contribution in [2.45, 2.75) is 50.2 Å². The van der Waals surface area contributed by atoms with Crippen molar-refractivity contribution < 1.29 is 26.7 Å². The Labute approximate surface area is 195 Å². The summed E-state index contributed by atoms with van der Waals surface area (Å²) in [5.74, 6) is -1.75. The van der Waals surface area contributed by atoms with Gasteiger partial charge < -0.3 is 10.1 Å². The summed E-state index contributed by atoms with van der Waals surface area (Å²) in [5, 5.41) is 10.3. The van der Waals surface area contributed by atoms with Gasteiger partial charge in [-0.3, -0.25) is 0 Å². The molecular weight excluding hydrogens is 467 g/mol. The van der Waals surface area contributed by atoms with Crippen molar-refractivity contribution in [2.24, 2.45) is 5.92 Å². The van der Waals surface area contributed by atoms with Gasteiger partial charge in [-0.1, -0.05) is 0 Å². The summed E-state index contributed by atoms with van der Waals surface area (Å²) in [6.45, 7) is 0.228. The van der Waals surface area contributed by atoms with Crippen molar-refractivity contribution in [3.63, 3.8) is 0 Å². The smallest absolute Gasteiger partial charge is 0.277 e. The van der Waals surface area contributed by atoms with Gasteiger partial charge in [-0.2, -0.15) is 13.1 Å². The topological polar surface area (TPSA) is 94.2 Å². The molecule has 2 aromatic carbocycles. The van der Waals surface area contributed by atoms with Gasteiger partial charge in [0.1, 0.15) is 17.5 Å². The summed E-state index contributed by atoms with van der Waals surface area (Å²) in [5.41, 5.74) is 2.22. The van der Waals surface area contributed by atoms with E-state index in [9.17, 15) is 26.7 Å². The first-order valence-electron chi connectivity index (χ1n) is 11.4. The Kier molecular flexibility index (Phi) is 6.18. The minimum atomic E-state index is -3.74. The molecule has 0 radical (unpaired) electrons. The van der Waals surface area contributed by atoms with Gasteiger partial charge in [-0.25, -0.2) is 17.9 Å². The van der Waals surface area contributed by atoms with E-state index in [0.29, 0.717) is 42.3 Å². The molecule has 0 bridgehead atoms. The maximum Gasteiger partial charge on any atom is 0.277 e. The second-order valence-electron chi connectivity index (χ2n) is 9.34. The van der Waals surface area contributed by atoms with E-state index in [-0.39, 0.29) is 23.9 Å². The van der Waals surface area contributed by atoms with Crippen LogP contribution in [0.5, 0.6) is 0 Å². The van der Waals surface area contributed by atoms with Crippen molar-refractivity contribution in [3.05, 3.63) is 59.4 Å². The monoisotopic (exact) mass is 493 g/mol. The van der Waals surface area contributed by atoms with Crippen molar-refractivity contribution in [3.8, 4) is 11.3 Å². The lowest BCUT2D eigenvalue weighted by Crippen LogP contribution is -2.47. The van der Waals surface area contributed by atoms with Gasteiger partial charge in [-0.15, -0.1) is 0 Å². The lowest BCUT2D eigenvalue weighted by molar-refractivity contribution is 0.158. The Morgan fingerprint density at radius 1 is 1.03 bits per heavy atom. The molecule has 6 nitrogen and oxygen atoms in total. The maximum atomic E-state index is 14.5. The fourth-order valence-corrected chi connectivity index (χ4v) is 6.40. The highest BCUT2D eigenvalue weighted by Crippen LogP contribution is 2.48. The van der Waals surface area contributed by atoms with Crippen LogP contribution in [0, 0.1) is 23.4 Å². The van der Waals surface area contributed by atoms with Crippen LogP contribution in [0.3, 0.4) is 0 Å². The van der Waals surface area contributed by atoms with Crippen LogP contribution in [0.4, 0.5) is 13.2 Å². The Balaban J connectivity index is 1.33. The normalized spacial score (nSPS) is 25.1. The minimum Gasteiger partial charge on any atom is -0.391 e. The summed E-state index contributed by atoms with van der Waals surface area (Å²) in [6, 6.07) is 7.45. The molecule has 0 amide bonds. The molecule has 5 rings (SSSR count). The van der Waals surface area contributed by atoms with Gasteiger partial charge in [-0.05, 0) is 85.4 Å². The Bertz CT molecular complexity index is 1300. The third-order valence-corrected chi connectivity index (χ3v) is 8.15. The zero-order chi connectivity index (χ0) is 24.0. The van der Waals surface area contributed by atoms with Crippen molar-refractivity contribution >= 4 is 21.1 Å². The number of H-pyrrole nitrogens is 1. The molecule has 2 aliphatic carbocycles. The molecule has 0 aliphatic heterocycles. The van der Waals surface area contributed by atoms with E-state index >= 15 is 0 Å². The SMILES string of the molecule is O=S(=O)(NC[C@H]1C[C@H](c2c(-c3ccc(F)cc3)[nH]c3c(F)cc(F)cc32)C1)N[C@@H]1CCC[C@@H]1O. The van der Waals surface area contributed by atoms with Crippen LogP contribution < -0.4 is 9.44 Å². The summed E-state index contributed by atoms with van der Waals surface area (Å²) < 4.78 is 71.8. The Morgan fingerprint density at radius 2 is 1.76 bits per heavy atom. The Morgan fingerprint density at radius 3 is 2.44 bits per heavy atom. The van der Waals surface area contributed by atoms with Crippen LogP contribution >= 0.6 is 0 Å². The second-order valence-corrected chi connectivity index (χ2v) is 10.9. The number of rotatable bonds is 7. The molecule has 4 N–H and O–H groups in total. The molecule has 182 valence electrons. The molecular formula is C24H26F3N3O3S. The first-order chi connectivity index (χ1) is 16.2. The van der Waals surface area contributed by atoms with Gasteiger partial charge in [0.05, 0.1) is 17.3 Å². The number of aliphatic hydroxyl groups excluding tert-OH is 1. The number of aromatic amines is 1. The zero-order valence-corrected chi connectivity index (χ0v) is 19.1. The van der Waals surface area contributed by atoms with Crippen molar-refractivity contribution in [2.75, 3.05) is 6.54 Å². The summed E-state index contributed by atoms with van der Waals surface area (Å²) in [6.07, 6.45) is 2.56. The summed E-state index contributed by atoms with van der Waals surface area (Å²) in [4.78, 5) is 3.05. The lowest BCUT2D eigenvalue weighted by atomic mass is 9.70. The van der Waals surface area contributed by atoms with Crippen molar-refractivity contribution in [1.29, 1.82) is 0 Å². The van der Waals surface area contributed by atoms with E-state index in [4.69, 9.17) is 0 Å². The first kappa shape index (κ1) is 23.3. The van der Waals surface area contributed by atoms with Crippen molar-refractivity contribution in [1.82, 2.24) is 14.4 Å². The Hall–Kier alpha value is -2.40. The number of aromatic nitrogens is 1. The van der Waals surface area contributed by atoms with Gasteiger partial charge in [0.15, 0.2) is 0 Å². The highest BCUT2D eigenvalue weighted by molar-refractivity contribution is 7.87. The number of hydrogen-bond donors (Lipinski definition) is 4. The molecule has 0 spiro atoms. The number of aliphatic hydroxyl groups is 1. The number of nitrogens with one attached hydrogen (secondary N) is 3. The van der Waals surface area contributed by atoms with E-state index < -0.39 is 39.8 Å². The molecule has 2 fully saturated rings. The molecule has 0 unspecified atom stereocenters. The van der Waals surface area contributed by atoms with E-state index in [0.717, 1.165) is 18.1 Å². The van der Waals surface area contributed by atoms with E-state index in [1.807, 2.05) is 0 Å². The molecule has 2 atom stereocenters. The van der Waals surface area contributed by atoms with Crippen LogP contribution in [0.2, 0.25) is 0 Å². The number of hydrogen-bond acceptors (Lipinski definition) is 3. The molecule has 3 aromatic rings. The van der Waals surface area contributed by atoms with Gasteiger partial charge in [0.2, 0.25) is 0 Å². The van der Waals surface area contributed by atoms with E-state index in [1.165, 1.54) is 18.2 Å². The first-order valence-corrected chi connectivity index (χ1v) is 12.9. The average Bonchev–Trinajstić information content (AvgIpc) is 3.31. The molecule has 1 heterocycles. The minimum absolute atomic E-state index is 0.0332. The van der Waals surface area contributed by atoms with Crippen LogP contribution in [-0.4, -0.2) is 37.2 Å².